The highest BCUT2D eigenvalue weighted by atomic mass is 19.1. The molecule has 106 valence electrons. The van der Waals surface area contributed by atoms with Gasteiger partial charge >= 0.3 is 0 Å². The first-order valence-electron chi connectivity index (χ1n) is 6.50. The van der Waals surface area contributed by atoms with E-state index in [1.165, 1.54) is 12.4 Å². The Hall–Kier alpha value is -2.24. The second-order valence-corrected chi connectivity index (χ2v) is 4.85. The molecule has 5 nitrogen and oxygen atoms in total. The molecule has 0 bridgehead atoms. The van der Waals surface area contributed by atoms with E-state index in [0.717, 1.165) is 17.5 Å². The van der Waals surface area contributed by atoms with Crippen LogP contribution in [0.25, 0.3) is 0 Å². The van der Waals surface area contributed by atoms with Crippen LogP contribution in [0.2, 0.25) is 0 Å². The Kier molecular flexibility index (Phi) is 4.45. The summed E-state index contributed by atoms with van der Waals surface area (Å²) in [5.41, 5.74) is 7.28. The lowest BCUT2D eigenvalue weighted by molar-refractivity contribution is 0.595. The van der Waals surface area contributed by atoms with E-state index in [2.05, 4.69) is 20.3 Å². The molecule has 3 N–H and O–H groups in total. The fraction of sp³-hybridized carbons (Fsp3) is 0.357. The van der Waals surface area contributed by atoms with E-state index < -0.39 is 0 Å². The fourth-order valence-corrected chi connectivity index (χ4v) is 1.94. The minimum absolute atomic E-state index is 0.108. The first-order valence-corrected chi connectivity index (χ1v) is 6.50. The number of nitrogens with zero attached hydrogens (tertiary/aromatic N) is 3. The Labute approximate surface area is 117 Å². The van der Waals surface area contributed by atoms with E-state index in [9.17, 15) is 4.39 Å². The van der Waals surface area contributed by atoms with E-state index in [-0.39, 0.29) is 17.8 Å². The standard InChI is InChI=1S/C14H18FN5/c1-9-3-6-12(15)11(7-9)5-4-10(2)19-14-18-8-17-13(16)20-14/h3,6-8,10H,4-5H2,1-2H3,(H3,16,17,18,19,20). The van der Waals surface area contributed by atoms with Gasteiger partial charge in [0.2, 0.25) is 11.9 Å². The summed E-state index contributed by atoms with van der Waals surface area (Å²) in [4.78, 5) is 11.7. The quantitative estimate of drug-likeness (QED) is 0.875. The minimum Gasteiger partial charge on any atom is -0.368 e. The minimum atomic E-state index is -0.160. The molecule has 20 heavy (non-hydrogen) atoms. The Balaban J connectivity index is 1.92. The van der Waals surface area contributed by atoms with E-state index in [1.54, 1.807) is 6.07 Å². The molecule has 0 amide bonds. The molecule has 0 spiro atoms. The molecule has 0 saturated heterocycles. The van der Waals surface area contributed by atoms with Crippen LogP contribution in [0.5, 0.6) is 0 Å². The van der Waals surface area contributed by atoms with Gasteiger partial charge in [0.15, 0.2) is 0 Å². The van der Waals surface area contributed by atoms with Crippen molar-refractivity contribution in [2.75, 3.05) is 11.1 Å². The number of nitrogen functional groups attached to an aromatic ring is 1. The number of aryl methyl sites for hydroxylation is 2. The smallest absolute Gasteiger partial charge is 0.227 e. The Morgan fingerprint density at radius 1 is 1.35 bits per heavy atom. The van der Waals surface area contributed by atoms with Crippen molar-refractivity contribution >= 4 is 11.9 Å². The van der Waals surface area contributed by atoms with Gasteiger partial charge < -0.3 is 11.1 Å². The van der Waals surface area contributed by atoms with Crippen LogP contribution in [0, 0.1) is 12.7 Å². The average molecular weight is 275 g/mol. The van der Waals surface area contributed by atoms with Gasteiger partial charge in [0, 0.05) is 6.04 Å². The summed E-state index contributed by atoms with van der Waals surface area (Å²) in [6, 6.07) is 5.27. The molecule has 2 rings (SSSR count). The molecule has 1 atom stereocenters. The molecule has 0 fully saturated rings. The van der Waals surface area contributed by atoms with Crippen LogP contribution < -0.4 is 11.1 Å². The highest BCUT2D eigenvalue weighted by molar-refractivity contribution is 5.30. The van der Waals surface area contributed by atoms with Crippen molar-refractivity contribution in [3.8, 4) is 0 Å². The molecule has 1 aromatic carbocycles. The highest BCUT2D eigenvalue weighted by Crippen LogP contribution is 2.14. The Morgan fingerprint density at radius 2 is 2.15 bits per heavy atom. The third kappa shape index (κ3) is 3.88. The van der Waals surface area contributed by atoms with Crippen LogP contribution in [-0.4, -0.2) is 21.0 Å². The third-order valence-electron chi connectivity index (χ3n) is 3.01. The lowest BCUT2D eigenvalue weighted by Gasteiger charge is -2.14. The maximum atomic E-state index is 13.6. The van der Waals surface area contributed by atoms with E-state index in [4.69, 9.17) is 5.73 Å². The molecule has 2 aromatic rings. The van der Waals surface area contributed by atoms with Gasteiger partial charge in [0.25, 0.3) is 0 Å². The third-order valence-corrected chi connectivity index (χ3v) is 3.01. The van der Waals surface area contributed by atoms with Gasteiger partial charge in [0.1, 0.15) is 12.1 Å². The zero-order valence-electron chi connectivity index (χ0n) is 11.6. The number of aromatic nitrogens is 3. The molecule has 0 aliphatic heterocycles. The highest BCUT2D eigenvalue weighted by Gasteiger charge is 2.08. The normalized spacial score (nSPS) is 12.2. The Bertz CT molecular complexity index is 588. The van der Waals surface area contributed by atoms with Gasteiger partial charge in [-0.3, -0.25) is 0 Å². The van der Waals surface area contributed by atoms with Gasteiger partial charge in [-0.2, -0.15) is 4.98 Å². The van der Waals surface area contributed by atoms with Crippen LogP contribution >= 0.6 is 0 Å². The lowest BCUT2D eigenvalue weighted by atomic mass is 10.0. The van der Waals surface area contributed by atoms with Gasteiger partial charge in [-0.15, -0.1) is 0 Å². The summed E-state index contributed by atoms with van der Waals surface area (Å²) < 4.78 is 13.6. The number of halogens is 1. The molecule has 1 unspecified atom stereocenters. The number of anilines is 2. The zero-order valence-corrected chi connectivity index (χ0v) is 11.6. The molecular formula is C14H18FN5. The van der Waals surface area contributed by atoms with Crippen LogP contribution in [0.15, 0.2) is 24.5 Å². The maximum absolute atomic E-state index is 13.6. The summed E-state index contributed by atoms with van der Waals surface area (Å²) in [7, 11) is 0. The van der Waals surface area contributed by atoms with Crippen molar-refractivity contribution < 1.29 is 4.39 Å². The number of nitrogens with one attached hydrogen (secondary N) is 1. The summed E-state index contributed by atoms with van der Waals surface area (Å²) in [5, 5.41) is 3.12. The van der Waals surface area contributed by atoms with Crippen molar-refractivity contribution in [1.82, 2.24) is 15.0 Å². The van der Waals surface area contributed by atoms with Crippen LogP contribution in [0.4, 0.5) is 16.3 Å². The van der Waals surface area contributed by atoms with Crippen LogP contribution in [0.1, 0.15) is 24.5 Å². The molecule has 0 saturated carbocycles. The topological polar surface area (TPSA) is 76.7 Å². The van der Waals surface area contributed by atoms with Gasteiger partial charge in [-0.1, -0.05) is 17.7 Å². The SMILES string of the molecule is Cc1ccc(F)c(CCC(C)Nc2ncnc(N)n2)c1. The molecule has 0 aliphatic carbocycles. The second-order valence-electron chi connectivity index (χ2n) is 4.85. The molecule has 0 aliphatic rings. The Morgan fingerprint density at radius 3 is 2.90 bits per heavy atom. The number of hydrogen-bond donors (Lipinski definition) is 2. The van der Waals surface area contributed by atoms with Crippen LogP contribution in [-0.2, 0) is 6.42 Å². The lowest BCUT2D eigenvalue weighted by Crippen LogP contribution is -2.18. The van der Waals surface area contributed by atoms with Gasteiger partial charge in [0.05, 0.1) is 0 Å². The molecule has 0 radical (unpaired) electrons. The average Bonchev–Trinajstić information content (AvgIpc) is 2.40. The van der Waals surface area contributed by atoms with Gasteiger partial charge in [-0.25, -0.2) is 14.4 Å². The zero-order chi connectivity index (χ0) is 14.5. The number of benzene rings is 1. The first-order chi connectivity index (χ1) is 9.54. The van der Waals surface area contributed by atoms with E-state index in [1.807, 2.05) is 19.9 Å². The fourth-order valence-electron chi connectivity index (χ4n) is 1.94. The number of hydrogen-bond acceptors (Lipinski definition) is 5. The van der Waals surface area contributed by atoms with Crippen molar-refractivity contribution in [3.63, 3.8) is 0 Å². The van der Waals surface area contributed by atoms with E-state index in [0.29, 0.717) is 12.4 Å². The maximum Gasteiger partial charge on any atom is 0.227 e. The predicted octanol–water partition coefficient (Wildman–Crippen LogP) is 2.33. The number of rotatable bonds is 5. The first kappa shape index (κ1) is 14.2. The van der Waals surface area contributed by atoms with E-state index >= 15 is 0 Å². The summed E-state index contributed by atoms with van der Waals surface area (Å²) in [6.07, 6.45) is 2.78. The molecule has 1 aromatic heterocycles. The van der Waals surface area contributed by atoms with Crippen molar-refractivity contribution in [3.05, 3.63) is 41.5 Å². The molecule has 1 heterocycles. The largest absolute Gasteiger partial charge is 0.368 e. The molecule has 6 heteroatoms. The number of nitrogens with two attached hydrogens (primary N) is 1. The summed E-state index contributed by atoms with van der Waals surface area (Å²) in [6.45, 7) is 3.95. The monoisotopic (exact) mass is 275 g/mol. The summed E-state index contributed by atoms with van der Waals surface area (Å²) in [5.74, 6) is 0.460. The van der Waals surface area contributed by atoms with Gasteiger partial charge in [-0.05, 0) is 38.3 Å². The molecular weight excluding hydrogens is 257 g/mol. The predicted molar refractivity (Wildman–Crippen MR) is 76.8 cm³/mol. The second kappa shape index (κ2) is 6.27. The van der Waals surface area contributed by atoms with Crippen molar-refractivity contribution in [2.45, 2.75) is 32.7 Å². The van der Waals surface area contributed by atoms with Crippen molar-refractivity contribution in [2.24, 2.45) is 0 Å². The van der Waals surface area contributed by atoms with Crippen LogP contribution in [0.3, 0.4) is 0 Å². The summed E-state index contributed by atoms with van der Waals surface area (Å²) >= 11 is 0. The van der Waals surface area contributed by atoms with Crippen molar-refractivity contribution in [1.29, 1.82) is 0 Å².